The molecule has 6 nitrogen and oxygen atoms in total. The lowest BCUT2D eigenvalue weighted by molar-refractivity contribution is 0.390. The number of hydrogen-bond donors (Lipinski definition) is 4. The van der Waals surface area contributed by atoms with Crippen LogP contribution in [0, 0.1) is 5.92 Å². The van der Waals surface area contributed by atoms with Crippen LogP contribution in [0.5, 0.6) is 0 Å². The summed E-state index contributed by atoms with van der Waals surface area (Å²) >= 11 is 0. The van der Waals surface area contributed by atoms with Crippen molar-refractivity contribution < 1.29 is 0 Å². The van der Waals surface area contributed by atoms with Crippen molar-refractivity contribution in [2.75, 3.05) is 25.0 Å². The molecular weight excluding hydrogens is 348 g/mol. The van der Waals surface area contributed by atoms with Crippen LogP contribution in [0.25, 0.3) is 0 Å². The van der Waals surface area contributed by atoms with Crippen molar-refractivity contribution in [2.24, 2.45) is 10.9 Å². The van der Waals surface area contributed by atoms with Crippen LogP contribution in [0.1, 0.15) is 38.5 Å². The second-order valence-electron chi connectivity index (χ2n) is 7.78. The van der Waals surface area contributed by atoms with Gasteiger partial charge in [-0.2, -0.15) is 0 Å². The van der Waals surface area contributed by atoms with Gasteiger partial charge in [0.2, 0.25) is 0 Å². The van der Waals surface area contributed by atoms with Crippen LogP contribution in [-0.4, -0.2) is 30.5 Å². The average Bonchev–Trinajstić information content (AvgIpc) is 2.74. The van der Waals surface area contributed by atoms with Gasteiger partial charge < -0.3 is 16.1 Å². The topological polar surface area (TPSA) is 73.4 Å². The molecule has 0 atom stereocenters. The fraction of sp³-hybridized carbons (Fsp3) is 0.455. The van der Waals surface area contributed by atoms with Crippen molar-refractivity contribution in [2.45, 2.75) is 38.5 Å². The predicted octanol–water partition coefficient (Wildman–Crippen LogP) is 3.57. The summed E-state index contributed by atoms with van der Waals surface area (Å²) < 4.78 is 0. The Balaban J connectivity index is 1.42. The van der Waals surface area contributed by atoms with Crippen LogP contribution < -0.4 is 21.5 Å². The van der Waals surface area contributed by atoms with Crippen LogP contribution in [0.15, 0.2) is 59.0 Å². The number of piperidine rings is 1. The lowest BCUT2D eigenvalue weighted by atomic mass is 9.91. The minimum absolute atomic E-state index is 0.722. The van der Waals surface area contributed by atoms with Crippen LogP contribution in [0.2, 0.25) is 0 Å². The van der Waals surface area contributed by atoms with Crippen LogP contribution in [-0.2, 0) is 0 Å². The van der Waals surface area contributed by atoms with Gasteiger partial charge in [0.25, 0.3) is 0 Å². The van der Waals surface area contributed by atoms with Crippen LogP contribution in [0.3, 0.4) is 0 Å². The zero-order valence-electron chi connectivity index (χ0n) is 16.4. The minimum atomic E-state index is 0.722. The first-order valence-electron chi connectivity index (χ1n) is 10.4. The van der Waals surface area contributed by atoms with Gasteiger partial charge in [-0.05, 0) is 80.8 Å². The molecule has 0 unspecified atom stereocenters. The Labute approximate surface area is 167 Å². The predicted molar refractivity (Wildman–Crippen MR) is 115 cm³/mol. The number of nitrogens with one attached hydrogen (secondary N) is 4. The smallest absolute Gasteiger partial charge is 0.145 e. The number of hydrogen-bond acceptors (Lipinski definition) is 5. The molecule has 148 valence electrons. The molecule has 28 heavy (non-hydrogen) atoms. The average molecular weight is 379 g/mol. The lowest BCUT2D eigenvalue weighted by Gasteiger charge is -2.24. The number of aliphatic imine (C=N–C) groups is 1. The van der Waals surface area contributed by atoms with E-state index in [1.165, 1.54) is 37.0 Å². The molecule has 1 aromatic rings. The lowest BCUT2D eigenvalue weighted by Crippen LogP contribution is -2.38. The highest BCUT2D eigenvalue weighted by molar-refractivity contribution is 5.95. The number of hydrazine groups is 1. The zero-order valence-corrected chi connectivity index (χ0v) is 16.4. The molecule has 0 radical (unpaired) electrons. The van der Waals surface area contributed by atoms with Gasteiger partial charge in [0.15, 0.2) is 0 Å². The molecule has 4 N–H and O–H groups in total. The van der Waals surface area contributed by atoms with E-state index in [-0.39, 0.29) is 0 Å². The molecule has 0 saturated carbocycles. The third-order valence-electron chi connectivity index (χ3n) is 5.67. The summed E-state index contributed by atoms with van der Waals surface area (Å²) in [6, 6.07) is 2.05. The fourth-order valence-electron chi connectivity index (χ4n) is 4.00. The van der Waals surface area contributed by atoms with E-state index in [9.17, 15) is 0 Å². The van der Waals surface area contributed by atoms with E-state index in [4.69, 9.17) is 4.99 Å². The molecule has 6 heteroatoms. The Morgan fingerprint density at radius 2 is 1.96 bits per heavy atom. The molecular formula is C22H30N6. The molecule has 3 aliphatic rings. The number of nitrogens with zero attached hydrogens (tertiary/aromatic N) is 2. The Morgan fingerprint density at radius 1 is 1.11 bits per heavy atom. The maximum atomic E-state index is 4.73. The monoisotopic (exact) mass is 378 g/mol. The number of allylic oxidation sites excluding steroid dienone is 4. The molecule has 0 spiro atoms. The fourth-order valence-corrected chi connectivity index (χ4v) is 4.00. The van der Waals surface area contributed by atoms with Gasteiger partial charge in [0.05, 0.1) is 23.8 Å². The van der Waals surface area contributed by atoms with Gasteiger partial charge in [0, 0.05) is 12.2 Å². The Kier molecular flexibility index (Phi) is 6.07. The van der Waals surface area contributed by atoms with Gasteiger partial charge in [0.1, 0.15) is 5.84 Å². The molecule has 1 aliphatic carbocycles. The highest BCUT2D eigenvalue weighted by Gasteiger charge is 2.16. The number of anilines is 1. The molecule has 2 aliphatic heterocycles. The first-order valence-corrected chi connectivity index (χ1v) is 10.4. The molecule has 1 aromatic heterocycles. The van der Waals surface area contributed by atoms with Gasteiger partial charge >= 0.3 is 0 Å². The van der Waals surface area contributed by atoms with E-state index in [0.717, 1.165) is 61.2 Å². The van der Waals surface area contributed by atoms with Gasteiger partial charge in [-0.15, -0.1) is 0 Å². The van der Waals surface area contributed by atoms with Crippen LogP contribution in [0.4, 0.5) is 11.4 Å². The number of rotatable bonds is 4. The summed E-state index contributed by atoms with van der Waals surface area (Å²) in [7, 11) is 0. The highest BCUT2D eigenvalue weighted by atomic mass is 15.4. The van der Waals surface area contributed by atoms with Gasteiger partial charge in [-0.1, -0.05) is 12.7 Å². The standard InChI is InChI=1S/C22H30N6/c1-16-6-7-22(28-27-21-5-3-2-4-20(16)21)26-19-12-18(14-24-15-19)25-13-17-8-10-23-11-9-17/h6-7,12,14-15,17,23,25,27H,1-5,8-11,13H2,(H,26,28)/b7-6-. The van der Waals surface area contributed by atoms with E-state index in [1.807, 2.05) is 12.3 Å². The molecule has 3 heterocycles. The zero-order chi connectivity index (χ0) is 19.2. The highest BCUT2D eigenvalue weighted by Crippen LogP contribution is 2.28. The van der Waals surface area contributed by atoms with Crippen molar-refractivity contribution in [3.63, 3.8) is 0 Å². The summed E-state index contributed by atoms with van der Waals surface area (Å²) in [4.78, 5) is 9.08. The van der Waals surface area contributed by atoms with Crippen molar-refractivity contribution in [1.82, 2.24) is 21.2 Å². The number of pyridine rings is 1. The third-order valence-corrected chi connectivity index (χ3v) is 5.67. The molecule has 4 rings (SSSR count). The van der Waals surface area contributed by atoms with E-state index >= 15 is 0 Å². The van der Waals surface area contributed by atoms with E-state index in [0.29, 0.717) is 0 Å². The van der Waals surface area contributed by atoms with Crippen molar-refractivity contribution in [3.05, 3.63) is 54.0 Å². The minimum Gasteiger partial charge on any atom is -0.383 e. The van der Waals surface area contributed by atoms with Crippen molar-refractivity contribution in [1.29, 1.82) is 0 Å². The Bertz CT molecular complexity index is 801. The molecule has 1 saturated heterocycles. The first kappa shape index (κ1) is 18.7. The first-order chi connectivity index (χ1) is 13.8. The maximum Gasteiger partial charge on any atom is 0.145 e. The van der Waals surface area contributed by atoms with Crippen molar-refractivity contribution >= 4 is 17.2 Å². The second-order valence-corrected chi connectivity index (χ2v) is 7.78. The van der Waals surface area contributed by atoms with E-state index in [2.05, 4.69) is 45.2 Å². The van der Waals surface area contributed by atoms with E-state index < -0.39 is 0 Å². The SMILES string of the molecule is C=C1/C=C\C(=Nc2cncc(NCC3CCNCC3)c2)NNC2=C1CCCC2. The Morgan fingerprint density at radius 3 is 2.86 bits per heavy atom. The number of amidine groups is 1. The summed E-state index contributed by atoms with van der Waals surface area (Å²) in [6.07, 6.45) is 14.7. The number of aromatic nitrogens is 1. The molecule has 0 bridgehead atoms. The molecule has 0 aromatic carbocycles. The van der Waals surface area contributed by atoms with Gasteiger partial charge in [-0.3, -0.25) is 10.4 Å². The third kappa shape index (κ3) is 4.81. The van der Waals surface area contributed by atoms with Crippen molar-refractivity contribution in [3.8, 4) is 0 Å². The molecule has 0 amide bonds. The van der Waals surface area contributed by atoms with E-state index in [1.54, 1.807) is 6.20 Å². The Hall–Kier alpha value is -2.60. The summed E-state index contributed by atoms with van der Waals surface area (Å²) in [5, 5.41) is 6.93. The maximum absolute atomic E-state index is 4.73. The van der Waals surface area contributed by atoms with Crippen LogP contribution >= 0.6 is 0 Å². The summed E-state index contributed by atoms with van der Waals surface area (Å²) in [6.45, 7) is 7.45. The quantitative estimate of drug-likeness (QED) is 0.645. The molecule has 1 fully saturated rings. The largest absolute Gasteiger partial charge is 0.383 e. The summed E-state index contributed by atoms with van der Waals surface area (Å²) in [5.41, 5.74) is 12.1. The normalized spacial score (nSPS) is 23.3. The second kappa shape index (κ2) is 9.06. The van der Waals surface area contributed by atoms with Gasteiger partial charge in [-0.25, -0.2) is 4.99 Å². The summed E-state index contributed by atoms with van der Waals surface area (Å²) in [5.74, 6) is 1.48.